The Morgan fingerprint density at radius 2 is 1.79 bits per heavy atom. The van der Waals surface area contributed by atoms with Gasteiger partial charge >= 0.3 is 0 Å². The molecule has 19 heavy (non-hydrogen) atoms. The van der Waals surface area contributed by atoms with Crippen molar-refractivity contribution in [1.29, 1.82) is 0 Å². The number of hydrogen-bond donors (Lipinski definition) is 1. The topological polar surface area (TPSA) is 12.0 Å². The Hall–Kier alpha value is -0.540. The van der Waals surface area contributed by atoms with Gasteiger partial charge in [0.05, 0.1) is 8.67 Å². The lowest BCUT2D eigenvalue weighted by Crippen LogP contribution is -2.17. The van der Waals surface area contributed by atoms with Gasteiger partial charge in [0.15, 0.2) is 0 Å². The molecule has 0 bridgehead atoms. The molecule has 102 valence electrons. The second kappa shape index (κ2) is 6.76. The van der Waals surface area contributed by atoms with Crippen LogP contribution in [-0.4, -0.2) is 0 Å². The fourth-order valence-corrected chi connectivity index (χ4v) is 3.57. The molecular weight excluding hydrogens is 297 g/mol. The maximum atomic E-state index is 6.16. The normalized spacial score (nSPS) is 12.6. The van der Waals surface area contributed by atoms with Gasteiger partial charge in [0.2, 0.25) is 0 Å². The molecule has 1 atom stereocenters. The molecule has 1 aromatic carbocycles. The largest absolute Gasteiger partial charge is 0.306 e. The summed E-state index contributed by atoms with van der Waals surface area (Å²) < 4.78 is 1.51. The van der Waals surface area contributed by atoms with Crippen molar-refractivity contribution >= 4 is 34.5 Å². The smallest absolute Gasteiger partial charge is 0.0991 e. The molecular formula is C15H17Cl2NS. The fraction of sp³-hybridized carbons (Fsp3) is 0.333. The lowest BCUT2D eigenvalue weighted by Gasteiger charge is -2.13. The summed E-state index contributed by atoms with van der Waals surface area (Å²) in [6.45, 7) is 5.09. The molecule has 0 saturated carbocycles. The van der Waals surface area contributed by atoms with E-state index in [-0.39, 0.29) is 6.04 Å². The molecule has 1 N–H and O–H groups in total. The molecule has 2 aromatic rings. The first-order chi connectivity index (χ1) is 9.10. The Morgan fingerprint density at radius 1 is 1.16 bits per heavy atom. The molecule has 0 amide bonds. The standard InChI is InChI=1S/C15H17Cl2NS/c1-3-11-4-6-12(7-5-11)9-18-10(2)13-8-14(16)19-15(13)17/h4-8,10,18H,3,9H2,1-2H3. The molecule has 1 unspecified atom stereocenters. The van der Waals surface area contributed by atoms with Crippen LogP contribution in [0.5, 0.6) is 0 Å². The summed E-state index contributed by atoms with van der Waals surface area (Å²) in [5, 5.41) is 3.47. The summed E-state index contributed by atoms with van der Waals surface area (Å²) in [4.78, 5) is 0. The molecule has 0 spiro atoms. The molecule has 0 aliphatic rings. The number of nitrogens with one attached hydrogen (secondary N) is 1. The van der Waals surface area contributed by atoms with E-state index in [1.54, 1.807) is 0 Å². The van der Waals surface area contributed by atoms with Gasteiger partial charge in [-0.05, 0) is 36.1 Å². The van der Waals surface area contributed by atoms with Gasteiger partial charge in [-0.15, -0.1) is 11.3 Å². The number of thiophene rings is 1. The van der Waals surface area contributed by atoms with E-state index in [1.807, 2.05) is 6.07 Å². The first-order valence-electron chi connectivity index (χ1n) is 6.36. The molecule has 0 radical (unpaired) electrons. The van der Waals surface area contributed by atoms with Crippen LogP contribution in [0, 0.1) is 0 Å². The highest BCUT2D eigenvalue weighted by Gasteiger charge is 2.12. The Morgan fingerprint density at radius 3 is 2.32 bits per heavy atom. The van der Waals surface area contributed by atoms with Crippen LogP contribution in [0.2, 0.25) is 8.67 Å². The van der Waals surface area contributed by atoms with Crippen molar-refractivity contribution in [3.63, 3.8) is 0 Å². The van der Waals surface area contributed by atoms with Gasteiger partial charge in [-0.3, -0.25) is 0 Å². The van der Waals surface area contributed by atoms with E-state index in [4.69, 9.17) is 23.2 Å². The summed E-state index contributed by atoms with van der Waals surface area (Å²) in [6.07, 6.45) is 1.08. The molecule has 1 heterocycles. The number of rotatable bonds is 5. The van der Waals surface area contributed by atoms with Gasteiger partial charge in [-0.1, -0.05) is 54.4 Å². The molecule has 4 heteroatoms. The molecule has 0 saturated heterocycles. The van der Waals surface area contributed by atoms with Gasteiger partial charge in [0.25, 0.3) is 0 Å². The highest BCUT2D eigenvalue weighted by Crippen LogP contribution is 2.34. The van der Waals surface area contributed by atoms with Crippen LogP contribution in [0.3, 0.4) is 0 Å². The van der Waals surface area contributed by atoms with E-state index in [0.717, 1.165) is 27.2 Å². The molecule has 1 nitrogen and oxygen atoms in total. The zero-order valence-electron chi connectivity index (χ0n) is 11.0. The summed E-state index contributed by atoms with van der Waals surface area (Å²) in [6, 6.07) is 10.8. The Bertz CT molecular complexity index is 534. The fourth-order valence-electron chi connectivity index (χ4n) is 1.92. The van der Waals surface area contributed by atoms with Crippen LogP contribution < -0.4 is 5.32 Å². The zero-order valence-corrected chi connectivity index (χ0v) is 13.4. The van der Waals surface area contributed by atoms with Crippen LogP contribution in [0.4, 0.5) is 0 Å². The Labute approximate surface area is 128 Å². The van der Waals surface area contributed by atoms with E-state index in [9.17, 15) is 0 Å². The Kier molecular flexibility index (Phi) is 5.28. The van der Waals surface area contributed by atoms with E-state index >= 15 is 0 Å². The number of halogens is 2. The number of hydrogen-bond acceptors (Lipinski definition) is 2. The maximum absolute atomic E-state index is 6.16. The maximum Gasteiger partial charge on any atom is 0.0991 e. The van der Waals surface area contributed by atoms with Gasteiger partial charge in [-0.25, -0.2) is 0 Å². The minimum atomic E-state index is 0.196. The summed E-state index contributed by atoms with van der Waals surface area (Å²) in [5.41, 5.74) is 3.72. The third-order valence-electron chi connectivity index (χ3n) is 3.19. The highest BCUT2D eigenvalue weighted by atomic mass is 35.5. The molecule has 0 aliphatic heterocycles. The van der Waals surface area contributed by atoms with Crippen molar-refractivity contribution in [2.24, 2.45) is 0 Å². The lowest BCUT2D eigenvalue weighted by molar-refractivity contribution is 0.576. The number of benzene rings is 1. The lowest BCUT2D eigenvalue weighted by atomic mass is 10.1. The predicted molar refractivity (Wildman–Crippen MR) is 85.4 cm³/mol. The molecule has 0 aliphatic carbocycles. The van der Waals surface area contributed by atoms with Crippen LogP contribution in [-0.2, 0) is 13.0 Å². The van der Waals surface area contributed by atoms with E-state index in [0.29, 0.717) is 0 Å². The third kappa shape index (κ3) is 3.96. The molecule has 0 fully saturated rings. The first kappa shape index (κ1) is 14.9. The minimum absolute atomic E-state index is 0.196. The van der Waals surface area contributed by atoms with Crippen molar-refractivity contribution in [2.45, 2.75) is 32.9 Å². The summed E-state index contributed by atoms with van der Waals surface area (Å²) >= 11 is 13.5. The van der Waals surface area contributed by atoms with Crippen LogP contribution >= 0.6 is 34.5 Å². The molecule has 2 rings (SSSR count). The summed E-state index contributed by atoms with van der Waals surface area (Å²) in [7, 11) is 0. The van der Waals surface area contributed by atoms with Crippen LogP contribution in [0.25, 0.3) is 0 Å². The molecule has 1 aromatic heterocycles. The Balaban J connectivity index is 1.96. The first-order valence-corrected chi connectivity index (χ1v) is 7.93. The van der Waals surface area contributed by atoms with Crippen LogP contribution in [0.1, 0.15) is 36.6 Å². The average molecular weight is 314 g/mol. The van der Waals surface area contributed by atoms with Crippen LogP contribution in [0.15, 0.2) is 30.3 Å². The van der Waals surface area contributed by atoms with E-state index in [1.165, 1.54) is 22.5 Å². The summed E-state index contributed by atoms with van der Waals surface area (Å²) in [5.74, 6) is 0. The second-order valence-corrected chi connectivity index (χ2v) is 6.84. The van der Waals surface area contributed by atoms with E-state index < -0.39 is 0 Å². The average Bonchev–Trinajstić information content (AvgIpc) is 2.75. The van der Waals surface area contributed by atoms with Crippen molar-refractivity contribution in [3.05, 3.63) is 55.7 Å². The quantitative estimate of drug-likeness (QED) is 0.772. The monoisotopic (exact) mass is 313 g/mol. The highest BCUT2D eigenvalue weighted by molar-refractivity contribution is 7.20. The van der Waals surface area contributed by atoms with Crippen molar-refractivity contribution in [1.82, 2.24) is 5.32 Å². The van der Waals surface area contributed by atoms with Crippen molar-refractivity contribution < 1.29 is 0 Å². The van der Waals surface area contributed by atoms with Gasteiger partial charge in [0, 0.05) is 12.6 Å². The zero-order chi connectivity index (χ0) is 13.8. The predicted octanol–water partition coefficient (Wildman–Crippen LogP) is 5.47. The van der Waals surface area contributed by atoms with E-state index in [2.05, 4.69) is 43.4 Å². The van der Waals surface area contributed by atoms with Gasteiger partial charge < -0.3 is 5.32 Å². The van der Waals surface area contributed by atoms with Crippen molar-refractivity contribution in [2.75, 3.05) is 0 Å². The SMILES string of the molecule is CCc1ccc(CNC(C)c2cc(Cl)sc2Cl)cc1. The van der Waals surface area contributed by atoms with Crippen molar-refractivity contribution in [3.8, 4) is 0 Å². The second-order valence-electron chi connectivity index (χ2n) is 4.55. The number of aryl methyl sites for hydroxylation is 1. The third-order valence-corrected chi connectivity index (χ3v) is 4.71. The van der Waals surface area contributed by atoms with Gasteiger partial charge in [-0.2, -0.15) is 0 Å². The minimum Gasteiger partial charge on any atom is -0.306 e. The van der Waals surface area contributed by atoms with Gasteiger partial charge in [0.1, 0.15) is 0 Å².